The van der Waals surface area contributed by atoms with E-state index in [0.29, 0.717) is 0 Å². The summed E-state index contributed by atoms with van der Waals surface area (Å²) in [5.74, 6) is 1.05. The molecule has 0 spiro atoms. The van der Waals surface area contributed by atoms with Crippen LogP contribution in [0.2, 0.25) is 0 Å². The van der Waals surface area contributed by atoms with Gasteiger partial charge in [0.1, 0.15) is 5.82 Å². The molecule has 5 heteroatoms. The van der Waals surface area contributed by atoms with E-state index in [1.165, 1.54) is 0 Å². The van der Waals surface area contributed by atoms with Crippen molar-refractivity contribution in [2.24, 2.45) is 0 Å². The summed E-state index contributed by atoms with van der Waals surface area (Å²) >= 11 is 0. The fourth-order valence-electron chi connectivity index (χ4n) is 2.92. The zero-order chi connectivity index (χ0) is 15.5. The number of H-pyrrole nitrogens is 1. The van der Waals surface area contributed by atoms with Crippen molar-refractivity contribution in [1.82, 2.24) is 20.5 Å². The fraction of sp³-hybridized carbons (Fsp3) is 0.222. The molecule has 0 radical (unpaired) electrons. The number of piperazine rings is 1. The lowest BCUT2D eigenvalue weighted by molar-refractivity contribution is 0.585. The van der Waals surface area contributed by atoms with E-state index in [-0.39, 0.29) is 0 Å². The number of hydrogen-bond acceptors (Lipinski definition) is 4. The second-order valence-electron chi connectivity index (χ2n) is 5.67. The van der Waals surface area contributed by atoms with Gasteiger partial charge in [-0.3, -0.25) is 5.10 Å². The molecular formula is C18H19N5. The van der Waals surface area contributed by atoms with E-state index in [9.17, 15) is 0 Å². The third-order valence-corrected chi connectivity index (χ3v) is 4.15. The van der Waals surface area contributed by atoms with Crippen molar-refractivity contribution in [3.05, 3.63) is 54.7 Å². The number of aromatic nitrogens is 3. The van der Waals surface area contributed by atoms with Crippen LogP contribution in [0.25, 0.3) is 22.5 Å². The second-order valence-corrected chi connectivity index (χ2v) is 5.67. The number of pyridine rings is 1. The van der Waals surface area contributed by atoms with E-state index >= 15 is 0 Å². The largest absolute Gasteiger partial charge is 0.354 e. The van der Waals surface area contributed by atoms with Crippen LogP contribution in [0.5, 0.6) is 0 Å². The summed E-state index contributed by atoms with van der Waals surface area (Å²) in [5.41, 5.74) is 4.26. The Morgan fingerprint density at radius 1 is 0.913 bits per heavy atom. The van der Waals surface area contributed by atoms with Crippen LogP contribution in [-0.2, 0) is 0 Å². The van der Waals surface area contributed by atoms with Gasteiger partial charge >= 0.3 is 0 Å². The van der Waals surface area contributed by atoms with Crippen LogP contribution in [0.4, 0.5) is 5.82 Å². The maximum atomic E-state index is 4.86. The lowest BCUT2D eigenvalue weighted by Crippen LogP contribution is -2.43. The van der Waals surface area contributed by atoms with Crippen molar-refractivity contribution in [1.29, 1.82) is 0 Å². The zero-order valence-corrected chi connectivity index (χ0v) is 12.9. The Morgan fingerprint density at radius 3 is 2.57 bits per heavy atom. The van der Waals surface area contributed by atoms with Gasteiger partial charge in [-0.2, -0.15) is 5.10 Å². The minimum Gasteiger partial charge on any atom is -0.354 e. The molecule has 1 fully saturated rings. The van der Waals surface area contributed by atoms with Crippen LogP contribution in [-0.4, -0.2) is 41.4 Å². The monoisotopic (exact) mass is 305 g/mol. The average molecular weight is 305 g/mol. The number of aromatic amines is 1. The van der Waals surface area contributed by atoms with Crippen LogP contribution >= 0.6 is 0 Å². The first-order valence-corrected chi connectivity index (χ1v) is 7.93. The summed E-state index contributed by atoms with van der Waals surface area (Å²) in [4.78, 5) is 7.19. The summed E-state index contributed by atoms with van der Waals surface area (Å²) in [6, 6.07) is 16.6. The molecule has 2 aromatic heterocycles. The molecular weight excluding hydrogens is 286 g/mol. The van der Waals surface area contributed by atoms with Crippen molar-refractivity contribution in [3.63, 3.8) is 0 Å². The lowest BCUT2D eigenvalue weighted by Gasteiger charge is -2.28. The van der Waals surface area contributed by atoms with Gasteiger partial charge in [-0.15, -0.1) is 0 Å². The molecule has 0 bridgehead atoms. The summed E-state index contributed by atoms with van der Waals surface area (Å²) in [6.45, 7) is 4.04. The molecule has 0 amide bonds. The second kappa shape index (κ2) is 6.22. The molecule has 1 aromatic carbocycles. The standard InChI is InChI=1S/C18H19N5/c1-3-14(13-15(4-1)17-7-8-20-22-17)16-5-2-6-18(21-16)23-11-9-19-10-12-23/h1-8,13,19H,9-12H2,(H,20,22). The molecule has 5 nitrogen and oxygen atoms in total. The van der Waals surface area contributed by atoms with E-state index < -0.39 is 0 Å². The normalized spacial score (nSPS) is 14.9. The highest BCUT2D eigenvalue weighted by molar-refractivity contribution is 5.70. The number of benzene rings is 1. The minimum atomic E-state index is 1.00. The number of hydrogen-bond donors (Lipinski definition) is 2. The number of nitrogens with zero attached hydrogens (tertiary/aromatic N) is 3. The molecule has 0 atom stereocenters. The SMILES string of the molecule is c1cc(-c2cccc(N3CCNCC3)n2)cc(-c2ccn[nH]2)c1. The molecule has 23 heavy (non-hydrogen) atoms. The predicted octanol–water partition coefficient (Wildman–Crippen LogP) is 2.55. The third kappa shape index (κ3) is 2.96. The van der Waals surface area contributed by atoms with Gasteiger partial charge in [-0.25, -0.2) is 4.98 Å². The summed E-state index contributed by atoms with van der Waals surface area (Å²) < 4.78 is 0. The molecule has 3 heterocycles. The maximum Gasteiger partial charge on any atom is 0.129 e. The van der Waals surface area contributed by atoms with Crippen molar-refractivity contribution in [3.8, 4) is 22.5 Å². The summed E-state index contributed by atoms with van der Waals surface area (Å²) in [5, 5.41) is 10.4. The molecule has 1 aliphatic heterocycles. The average Bonchev–Trinajstić information content (AvgIpc) is 3.18. The van der Waals surface area contributed by atoms with Crippen LogP contribution in [0, 0.1) is 0 Å². The van der Waals surface area contributed by atoms with Crippen molar-refractivity contribution in [2.45, 2.75) is 0 Å². The van der Waals surface area contributed by atoms with Crippen LogP contribution < -0.4 is 10.2 Å². The molecule has 116 valence electrons. The lowest BCUT2D eigenvalue weighted by atomic mass is 10.1. The zero-order valence-electron chi connectivity index (χ0n) is 12.9. The molecule has 4 rings (SSSR count). The molecule has 0 unspecified atom stereocenters. The predicted molar refractivity (Wildman–Crippen MR) is 92.3 cm³/mol. The van der Waals surface area contributed by atoms with Crippen molar-refractivity contribution in [2.75, 3.05) is 31.1 Å². The highest BCUT2D eigenvalue weighted by Gasteiger charge is 2.12. The quantitative estimate of drug-likeness (QED) is 0.781. The molecule has 0 aliphatic carbocycles. The summed E-state index contributed by atoms with van der Waals surface area (Å²) in [7, 11) is 0. The molecule has 1 saturated heterocycles. The molecule has 3 aromatic rings. The van der Waals surface area contributed by atoms with Gasteiger partial charge in [0.25, 0.3) is 0 Å². The van der Waals surface area contributed by atoms with Gasteiger partial charge < -0.3 is 10.2 Å². The third-order valence-electron chi connectivity index (χ3n) is 4.15. The van der Waals surface area contributed by atoms with Gasteiger partial charge in [0.05, 0.1) is 11.4 Å². The topological polar surface area (TPSA) is 56.8 Å². The van der Waals surface area contributed by atoms with Crippen LogP contribution in [0.15, 0.2) is 54.7 Å². The van der Waals surface area contributed by atoms with Gasteiger partial charge in [0.2, 0.25) is 0 Å². The van der Waals surface area contributed by atoms with E-state index in [0.717, 1.165) is 54.5 Å². The first kappa shape index (κ1) is 14.0. The van der Waals surface area contributed by atoms with E-state index in [2.05, 4.69) is 62.9 Å². The Labute approximate surface area is 135 Å². The Hall–Kier alpha value is -2.66. The highest BCUT2D eigenvalue weighted by atomic mass is 15.2. The van der Waals surface area contributed by atoms with Crippen LogP contribution in [0.1, 0.15) is 0 Å². The van der Waals surface area contributed by atoms with E-state index in [4.69, 9.17) is 4.98 Å². The molecule has 0 saturated carbocycles. The van der Waals surface area contributed by atoms with Gasteiger partial charge in [-0.1, -0.05) is 24.3 Å². The molecule has 1 aliphatic rings. The molecule has 2 N–H and O–H groups in total. The highest BCUT2D eigenvalue weighted by Crippen LogP contribution is 2.25. The Bertz CT molecular complexity index is 776. The van der Waals surface area contributed by atoms with Gasteiger partial charge in [-0.05, 0) is 24.3 Å². The number of anilines is 1. The van der Waals surface area contributed by atoms with Crippen molar-refractivity contribution >= 4 is 5.82 Å². The van der Waals surface area contributed by atoms with Crippen molar-refractivity contribution < 1.29 is 0 Å². The van der Waals surface area contributed by atoms with E-state index in [1.807, 2.05) is 6.07 Å². The minimum absolute atomic E-state index is 1.00. The smallest absolute Gasteiger partial charge is 0.129 e. The van der Waals surface area contributed by atoms with Gasteiger partial charge in [0, 0.05) is 43.5 Å². The Morgan fingerprint density at radius 2 is 1.74 bits per heavy atom. The fourth-order valence-corrected chi connectivity index (χ4v) is 2.92. The Kier molecular flexibility index (Phi) is 3.78. The number of nitrogens with one attached hydrogen (secondary N) is 2. The van der Waals surface area contributed by atoms with Gasteiger partial charge in [0.15, 0.2) is 0 Å². The first-order valence-electron chi connectivity index (χ1n) is 7.93. The summed E-state index contributed by atoms with van der Waals surface area (Å²) in [6.07, 6.45) is 1.77. The maximum absolute atomic E-state index is 4.86. The number of rotatable bonds is 3. The van der Waals surface area contributed by atoms with Crippen LogP contribution in [0.3, 0.4) is 0 Å². The van der Waals surface area contributed by atoms with E-state index in [1.54, 1.807) is 6.20 Å². The Balaban J connectivity index is 1.66. The first-order chi connectivity index (χ1) is 11.4.